The Hall–Kier alpha value is -2.76. The van der Waals surface area contributed by atoms with E-state index in [1.165, 1.54) is 19.4 Å². The maximum atomic E-state index is 11.6. The van der Waals surface area contributed by atoms with Crippen molar-refractivity contribution in [2.24, 2.45) is 0 Å². The molecule has 0 spiro atoms. The summed E-state index contributed by atoms with van der Waals surface area (Å²) in [6, 6.07) is 8.57. The van der Waals surface area contributed by atoms with Crippen molar-refractivity contribution in [2.75, 3.05) is 19.5 Å². The number of carbonyl (C=O) groups excluding carboxylic acids is 1. The van der Waals surface area contributed by atoms with Crippen LogP contribution in [0.3, 0.4) is 0 Å². The number of ether oxygens (including phenoxy) is 3. The summed E-state index contributed by atoms with van der Waals surface area (Å²) in [7, 11) is 1.29. The number of benzene rings is 1. The zero-order valence-electron chi connectivity index (χ0n) is 11.8. The molecule has 0 radical (unpaired) electrons. The number of rotatable bonds is 5. The van der Waals surface area contributed by atoms with E-state index < -0.39 is 5.97 Å². The fraction of sp³-hybridized carbons (Fsp3) is 0.200. The number of aromatic nitrogens is 1. The van der Waals surface area contributed by atoms with Gasteiger partial charge in [-0.1, -0.05) is 6.07 Å². The maximum Gasteiger partial charge on any atom is 0.340 e. The summed E-state index contributed by atoms with van der Waals surface area (Å²) in [6.07, 6.45) is 1.36. The van der Waals surface area contributed by atoms with Gasteiger partial charge in [-0.15, -0.1) is 0 Å². The van der Waals surface area contributed by atoms with E-state index in [4.69, 9.17) is 15.2 Å². The maximum absolute atomic E-state index is 11.6. The molecule has 21 heavy (non-hydrogen) atoms. The topological polar surface area (TPSA) is 83.7 Å². The fourth-order valence-electron chi connectivity index (χ4n) is 1.70. The van der Waals surface area contributed by atoms with Crippen molar-refractivity contribution in [3.63, 3.8) is 0 Å². The van der Waals surface area contributed by atoms with E-state index in [2.05, 4.69) is 9.72 Å². The highest BCUT2D eigenvalue weighted by atomic mass is 16.5. The molecule has 2 N–H and O–H groups in total. The Morgan fingerprint density at radius 2 is 2.05 bits per heavy atom. The SMILES string of the molecule is CCOc1cccc(Oc2cc(C(=O)OC)c(N)cn2)c1. The van der Waals surface area contributed by atoms with Gasteiger partial charge in [-0.05, 0) is 19.1 Å². The van der Waals surface area contributed by atoms with Crippen LogP contribution in [0.25, 0.3) is 0 Å². The van der Waals surface area contributed by atoms with Crippen LogP contribution in [-0.4, -0.2) is 24.7 Å². The standard InChI is InChI=1S/C15H16N2O4/c1-3-20-10-5-4-6-11(7-10)21-14-8-12(15(18)19-2)13(16)9-17-14/h4-9H,3,16H2,1-2H3. The molecule has 0 unspecified atom stereocenters. The van der Waals surface area contributed by atoms with Gasteiger partial charge in [0.05, 0.1) is 31.2 Å². The molecule has 0 bridgehead atoms. The van der Waals surface area contributed by atoms with Crippen LogP contribution >= 0.6 is 0 Å². The van der Waals surface area contributed by atoms with E-state index in [1.54, 1.807) is 18.2 Å². The van der Waals surface area contributed by atoms with Crippen molar-refractivity contribution in [1.82, 2.24) is 4.98 Å². The van der Waals surface area contributed by atoms with E-state index in [0.29, 0.717) is 18.1 Å². The molecule has 1 heterocycles. The average molecular weight is 288 g/mol. The van der Waals surface area contributed by atoms with Crippen LogP contribution in [0.2, 0.25) is 0 Å². The molecule has 0 saturated heterocycles. The van der Waals surface area contributed by atoms with Gasteiger partial charge in [0.2, 0.25) is 5.88 Å². The lowest BCUT2D eigenvalue weighted by atomic mass is 10.2. The second-order valence-corrected chi connectivity index (χ2v) is 4.11. The number of nitrogen functional groups attached to an aromatic ring is 1. The number of hydrogen-bond acceptors (Lipinski definition) is 6. The van der Waals surface area contributed by atoms with Gasteiger partial charge >= 0.3 is 5.97 Å². The van der Waals surface area contributed by atoms with E-state index in [1.807, 2.05) is 13.0 Å². The van der Waals surface area contributed by atoms with Crippen LogP contribution in [0.1, 0.15) is 17.3 Å². The Morgan fingerprint density at radius 3 is 2.76 bits per heavy atom. The summed E-state index contributed by atoms with van der Waals surface area (Å²) in [6.45, 7) is 2.47. The molecule has 0 aliphatic carbocycles. The van der Waals surface area contributed by atoms with E-state index in [9.17, 15) is 4.79 Å². The molecule has 2 aromatic rings. The molecular weight excluding hydrogens is 272 g/mol. The van der Waals surface area contributed by atoms with Crippen molar-refractivity contribution in [1.29, 1.82) is 0 Å². The minimum Gasteiger partial charge on any atom is -0.494 e. The van der Waals surface area contributed by atoms with Crippen molar-refractivity contribution >= 4 is 11.7 Å². The predicted octanol–water partition coefficient (Wildman–Crippen LogP) is 2.64. The van der Waals surface area contributed by atoms with Crippen LogP contribution in [0.4, 0.5) is 5.69 Å². The summed E-state index contributed by atoms with van der Waals surface area (Å²) < 4.78 is 15.6. The number of nitrogens with two attached hydrogens (primary N) is 1. The zero-order chi connectivity index (χ0) is 15.2. The predicted molar refractivity (Wildman–Crippen MR) is 77.7 cm³/mol. The number of carbonyl (C=O) groups is 1. The van der Waals surface area contributed by atoms with Crippen molar-refractivity contribution in [3.05, 3.63) is 42.1 Å². The first-order valence-corrected chi connectivity index (χ1v) is 6.38. The second-order valence-electron chi connectivity index (χ2n) is 4.11. The first-order chi connectivity index (χ1) is 10.1. The molecule has 6 heteroatoms. The average Bonchev–Trinajstić information content (AvgIpc) is 2.49. The van der Waals surface area contributed by atoms with E-state index in [-0.39, 0.29) is 17.1 Å². The molecule has 110 valence electrons. The Balaban J connectivity index is 2.23. The van der Waals surface area contributed by atoms with Gasteiger partial charge < -0.3 is 19.9 Å². The molecule has 1 aromatic heterocycles. The van der Waals surface area contributed by atoms with Crippen molar-refractivity contribution in [3.8, 4) is 17.4 Å². The highest BCUT2D eigenvalue weighted by molar-refractivity contribution is 5.95. The van der Waals surface area contributed by atoms with Gasteiger partial charge in [0.15, 0.2) is 0 Å². The lowest BCUT2D eigenvalue weighted by Gasteiger charge is -2.09. The Morgan fingerprint density at radius 1 is 1.29 bits per heavy atom. The molecule has 0 saturated carbocycles. The normalized spacial score (nSPS) is 10.0. The summed E-state index contributed by atoms with van der Waals surface area (Å²) in [5.74, 6) is 0.953. The molecule has 0 amide bonds. The lowest BCUT2D eigenvalue weighted by molar-refractivity contribution is 0.0601. The molecule has 6 nitrogen and oxygen atoms in total. The fourth-order valence-corrected chi connectivity index (χ4v) is 1.70. The number of esters is 1. The Kier molecular flexibility index (Phi) is 4.61. The number of pyridine rings is 1. The molecule has 2 rings (SSSR count). The highest BCUT2D eigenvalue weighted by Crippen LogP contribution is 2.26. The minimum atomic E-state index is -0.539. The van der Waals surface area contributed by atoms with Crippen molar-refractivity contribution < 1.29 is 19.0 Å². The quantitative estimate of drug-likeness (QED) is 0.851. The Labute approximate surface area is 122 Å². The molecular formula is C15H16N2O4. The van der Waals surface area contributed by atoms with Crippen molar-refractivity contribution in [2.45, 2.75) is 6.92 Å². The monoisotopic (exact) mass is 288 g/mol. The lowest BCUT2D eigenvalue weighted by Crippen LogP contribution is -2.06. The zero-order valence-corrected chi connectivity index (χ0v) is 11.8. The summed E-state index contributed by atoms with van der Waals surface area (Å²) in [4.78, 5) is 15.6. The number of anilines is 1. The summed E-state index contributed by atoms with van der Waals surface area (Å²) in [5.41, 5.74) is 6.13. The smallest absolute Gasteiger partial charge is 0.340 e. The first kappa shape index (κ1) is 14.6. The third-order valence-electron chi connectivity index (χ3n) is 2.65. The number of nitrogens with zero attached hydrogens (tertiary/aromatic N) is 1. The van der Waals surface area contributed by atoms with Gasteiger partial charge in [-0.2, -0.15) is 0 Å². The second kappa shape index (κ2) is 6.60. The van der Waals surface area contributed by atoms with Crippen LogP contribution < -0.4 is 15.2 Å². The van der Waals surface area contributed by atoms with E-state index in [0.717, 1.165) is 0 Å². The van der Waals surface area contributed by atoms with Gasteiger partial charge in [-0.3, -0.25) is 0 Å². The Bertz CT molecular complexity index is 643. The van der Waals surface area contributed by atoms with Crippen LogP contribution in [0.5, 0.6) is 17.4 Å². The molecule has 0 atom stereocenters. The van der Waals surface area contributed by atoms with Crippen LogP contribution in [-0.2, 0) is 4.74 Å². The molecule has 0 fully saturated rings. The minimum absolute atomic E-state index is 0.212. The summed E-state index contributed by atoms with van der Waals surface area (Å²) in [5, 5.41) is 0. The van der Waals surface area contributed by atoms with Gasteiger partial charge in [0.1, 0.15) is 11.5 Å². The van der Waals surface area contributed by atoms with Gasteiger partial charge in [0, 0.05) is 12.1 Å². The summed E-state index contributed by atoms with van der Waals surface area (Å²) >= 11 is 0. The number of hydrogen-bond donors (Lipinski definition) is 1. The third kappa shape index (κ3) is 3.62. The third-order valence-corrected chi connectivity index (χ3v) is 2.65. The van der Waals surface area contributed by atoms with Crippen LogP contribution in [0.15, 0.2) is 36.5 Å². The van der Waals surface area contributed by atoms with Crippen LogP contribution in [0, 0.1) is 0 Å². The largest absolute Gasteiger partial charge is 0.494 e. The van der Waals surface area contributed by atoms with Gasteiger partial charge in [0.25, 0.3) is 0 Å². The molecule has 0 aliphatic heterocycles. The van der Waals surface area contributed by atoms with Gasteiger partial charge in [-0.25, -0.2) is 9.78 Å². The molecule has 1 aromatic carbocycles. The number of methoxy groups -OCH3 is 1. The first-order valence-electron chi connectivity index (χ1n) is 6.38. The highest BCUT2D eigenvalue weighted by Gasteiger charge is 2.12. The molecule has 0 aliphatic rings. The van der Waals surface area contributed by atoms with E-state index >= 15 is 0 Å².